The number of rotatable bonds is 4. The Morgan fingerprint density at radius 1 is 1.05 bits per heavy atom. The Kier molecular flexibility index (Phi) is 5.13. The van der Waals surface area contributed by atoms with Crippen LogP contribution in [0.5, 0.6) is 0 Å². The Balaban J connectivity index is 1.92. The minimum atomic E-state index is 0.256. The molecule has 0 spiro atoms. The van der Waals surface area contributed by atoms with Crippen molar-refractivity contribution < 1.29 is 0 Å². The second-order valence-corrected chi connectivity index (χ2v) is 5.23. The molecule has 0 bridgehead atoms. The van der Waals surface area contributed by atoms with Crippen molar-refractivity contribution in [3.8, 4) is 0 Å². The Morgan fingerprint density at radius 2 is 1.60 bits per heavy atom. The van der Waals surface area contributed by atoms with Crippen LogP contribution in [-0.2, 0) is 6.54 Å². The van der Waals surface area contributed by atoms with Gasteiger partial charge in [0.25, 0.3) is 0 Å². The second kappa shape index (κ2) is 7.06. The van der Waals surface area contributed by atoms with Crippen molar-refractivity contribution in [3.63, 3.8) is 0 Å². The third kappa shape index (κ3) is 3.81. The van der Waals surface area contributed by atoms with Crippen LogP contribution in [0.25, 0.3) is 0 Å². The molecule has 0 amide bonds. The lowest BCUT2D eigenvalue weighted by atomic mass is 10.1. The van der Waals surface area contributed by atoms with Crippen molar-refractivity contribution in [3.05, 3.63) is 71.8 Å². The summed E-state index contributed by atoms with van der Waals surface area (Å²) in [6.07, 6.45) is 0. The van der Waals surface area contributed by atoms with Gasteiger partial charge in [0, 0.05) is 13.6 Å². The number of benzene rings is 2. The highest BCUT2D eigenvalue weighted by molar-refractivity contribution is 7.80. The second-order valence-electron chi connectivity index (χ2n) is 4.84. The fourth-order valence-corrected chi connectivity index (χ4v) is 2.26. The number of hydrogen-bond donors (Lipinski definition) is 1. The highest BCUT2D eigenvalue weighted by atomic mass is 32.1. The van der Waals surface area contributed by atoms with Crippen LogP contribution in [0.1, 0.15) is 24.1 Å². The molecule has 2 nitrogen and oxygen atoms in total. The molecule has 1 atom stereocenters. The molecular weight excluding hydrogens is 264 g/mol. The van der Waals surface area contributed by atoms with Crippen LogP contribution in [0.15, 0.2) is 60.7 Å². The third-order valence-corrected chi connectivity index (χ3v) is 3.90. The molecular formula is C17H20N2S. The number of nitrogens with zero attached hydrogens (tertiary/aromatic N) is 1. The van der Waals surface area contributed by atoms with Crippen molar-refractivity contribution in [1.29, 1.82) is 0 Å². The quantitative estimate of drug-likeness (QED) is 0.861. The molecule has 0 unspecified atom stereocenters. The summed E-state index contributed by atoms with van der Waals surface area (Å²) >= 11 is 5.47. The van der Waals surface area contributed by atoms with E-state index in [1.165, 1.54) is 11.1 Å². The molecule has 0 aromatic heterocycles. The summed E-state index contributed by atoms with van der Waals surface area (Å²) in [5.41, 5.74) is 2.49. The zero-order valence-corrected chi connectivity index (χ0v) is 12.7. The fraction of sp³-hybridized carbons (Fsp3) is 0.235. The number of nitrogens with one attached hydrogen (secondary N) is 1. The molecule has 20 heavy (non-hydrogen) atoms. The van der Waals surface area contributed by atoms with Crippen LogP contribution in [-0.4, -0.2) is 17.1 Å². The van der Waals surface area contributed by atoms with Crippen LogP contribution in [0.3, 0.4) is 0 Å². The summed E-state index contributed by atoms with van der Waals surface area (Å²) in [6.45, 7) is 2.91. The summed E-state index contributed by atoms with van der Waals surface area (Å²) in [4.78, 5) is 2.09. The monoisotopic (exact) mass is 284 g/mol. The molecule has 0 saturated heterocycles. The topological polar surface area (TPSA) is 15.3 Å². The van der Waals surface area contributed by atoms with Gasteiger partial charge in [-0.05, 0) is 30.3 Å². The first-order chi connectivity index (χ1) is 9.68. The molecule has 0 aliphatic carbocycles. The molecule has 2 aromatic carbocycles. The zero-order chi connectivity index (χ0) is 14.4. The molecule has 3 heteroatoms. The van der Waals surface area contributed by atoms with E-state index in [0.29, 0.717) is 0 Å². The third-order valence-electron chi connectivity index (χ3n) is 3.47. The molecule has 0 aliphatic rings. The smallest absolute Gasteiger partial charge is 0.169 e. The molecule has 0 saturated carbocycles. The van der Waals surface area contributed by atoms with Crippen LogP contribution < -0.4 is 5.32 Å². The van der Waals surface area contributed by atoms with E-state index >= 15 is 0 Å². The van der Waals surface area contributed by atoms with Crippen LogP contribution in [0, 0.1) is 0 Å². The molecule has 0 aliphatic heterocycles. The van der Waals surface area contributed by atoms with E-state index in [-0.39, 0.29) is 6.04 Å². The van der Waals surface area contributed by atoms with Gasteiger partial charge in [-0.15, -0.1) is 0 Å². The molecule has 0 heterocycles. The number of hydrogen-bond acceptors (Lipinski definition) is 1. The van der Waals surface area contributed by atoms with E-state index in [9.17, 15) is 0 Å². The zero-order valence-electron chi connectivity index (χ0n) is 11.9. The maximum Gasteiger partial charge on any atom is 0.169 e. The largest absolute Gasteiger partial charge is 0.358 e. The van der Waals surface area contributed by atoms with Gasteiger partial charge in [0.05, 0.1) is 6.04 Å². The first kappa shape index (κ1) is 14.5. The van der Waals surface area contributed by atoms with E-state index in [0.717, 1.165) is 11.7 Å². The minimum absolute atomic E-state index is 0.256. The van der Waals surface area contributed by atoms with Crippen LogP contribution in [0.4, 0.5) is 0 Å². The Hall–Kier alpha value is -1.87. The summed E-state index contributed by atoms with van der Waals surface area (Å²) in [6, 6.07) is 20.9. The maximum atomic E-state index is 5.47. The number of thiocarbonyl (C=S) groups is 1. The van der Waals surface area contributed by atoms with Gasteiger partial charge in [0.2, 0.25) is 0 Å². The van der Waals surface area contributed by atoms with Crippen molar-refractivity contribution >= 4 is 17.3 Å². The predicted octanol–water partition coefficient (Wildman–Crippen LogP) is 3.75. The minimum Gasteiger partial charge on any atom is -0.358 e. The Bertz CT molecular complexity index is 539. The van der Waals surface area contributed by atoms with E-state index in [1.54, 1.807) is 0 Å². The standard InChI is InChI=1S/C17H20N2S/c1-14(16-11-7-4-8-12-16)19(2)17(20)18-13-15-9-5-3-6-10-15/h3-12,14H,13H2,1-2H3,(H,18,20)/t14-/m0/s1. The molecule has 0 radical (unpaired) electrons. The molecule has 0 fully saturated rings. The SMILES string of the molecule is C[C@@H](c1ccccc1)N(C)C(=S)NCc1ccccc1. The summed E-state index contributed by atoms with van der Waals surface area (Å²) in [7, 11) is 2.03. The summed E-state index contributed by atoms with van der Waals surface area (Å²) < 4.78 is 0. The van der Waals surface area contributed by atoms with Crippen molar-refractivity contribution in [2.75, 3.05) is 7.05 Å². The van der Waals surface area contributed by atoms with E-state index in [1.807, 2.05) is 31.3 Å². The van der Waals surface area contributed by atoms with E-state index in [2.05, 4.69) is 53.5 Å². The van der Waals surface area contributed by atoms with Crippen molar-refractivity contribution in [2.24, 2.45) is 0 Å². The van der Waals surface area contributed by atoms with Gasteiger partial charge in [-0.25, -0.2) is 0 Å². The summed E-state index contributed by atoms with van der Waals surface area (Å²) in [5, 5.41) is 4.08. The van der Waals surface area contributed by atoms with Gasteiger partial charge in [0.1, 0.15) is 0 Å². The predicted molar refractivity (Wildman–Crippen MR) is 88.5 cm³/mol. The van der Waals surface area contributed by atoms with Gasteiger partial charge >= 0.3 is 0 Å². The summed E-state index contributed by atoms with van der Waals surface area (Å²) in [5.74, 6) is 0. The van der Waals surface area contributed by atoms with Gasteiger partial charge in [0.15, 0.2) is 5.11 Å². The lowest BCUT2D eigenvalue weighted by Gasteiger charge is -2.28. The average molecular weight is 284 g/mol. The highest BCUT2D eigenvalue weighted by Crippen LogP contribution is 2.18. The first-order valence-corrected chi connectivity index (χ1v) is 7.19. The molecule has 1 N–H and O–H groups in total. The van der Waals surface area contributed by atoms with E-state index in [4.69, 9.17) is 12.2 Å². The highest BCUT2D eigenvalue weighted by Gasteiger charge is 2.13. The van der Waals surface area contributed by atoms with Crippen LogP contribution >= 0.6 is 12.2 Å². The Morgan fingerprint density at radius 3 is 2.20 bits per heavy atom. The average Bonchev–Trinajstić information content (AvgIpc) is 2.53. The van der Waals surface area contributed by atoms with Crippen molar-refractivity contribution in [1.82, 2.24) is 10.2 Å². The maximum absolute atomic E-state index is 5.47. The van der Waals surface area contributed by atoms with Gasteiger partial charge in [-0.3, -0.25) is 0 Å². The lowest BCUT2D eigenvalue weighted by molar-refractivity contribution is 0.395. The fourth-order valence-electron chi connectivity index (χ4n) is 2.03. The van der Waals surface area contributed by atoms with Gasteiger partial charge in [-0.2, -0.15) is 0 Å². The Labute approximate surface area is 126 Å². The van der Waals surface area contributed by atoms with Gasteiger partial charge in [-0.1, -0.05) is 60.7 Å². The lowest BCUT2D eigenvalue weighted by Crippen LogP contribution is -2.38. The van der Waals surface area contributed by atoms with Gasteiger partial charge < -0.3 is 10.2 Å². The van der Waals surface area contributed by atoms with E-state index < -0.39 is 0 Å². The normalized spacial score (nSPS) is 11.7. The molecule has 2 rings (SSSR count). The molecule has 104 valence electrons. The van der Waals surface area contributed by atoms with Crippen molar-refractivity contribution in [2.45, 2.75) is 19.5 Å². The molecule has 2 aromatic rings. The van der Waals surface area contributed by atoms with Crippen LogP contribution in [0.2, 0.25) is 0 Å². The first-order valence-electron chi connectivity index (χ1n) is 6.78.